The van der Waals surface area contributed by atoms with Crippen molar-refractivity contribution in [3.05, 3.63) is 60.8 Å². The zero-order chi connectivity index (χ0) is 48.4. The van der Waals surface area contributed by atoms with Crippen LogP contribution < -0.4 is 5.73 Å². The molecule has 0 saturated heterocycles. The Kier molecular flexibility index (Phi) is 46.6. The van der Waals surface area contributed by atoms with E-state index in [0.29, 0.717) is 19.3 Å². The molecule has 12 heteroatoms. The number of hydrogen-bond donors (Lipinski definition) is 3. The highest BCUT2D eigenvalue weighted by molar-refractivity contribution is 7.47. The molecule has 0 aliphatic rings. The lowest BCUT2D eigenvalue weighted by Crippen LogP contribution is -2.34. The van der Waals surface area contributed by atoms with E-state index in [9.17, 15) is 23.8 Å². The van der Waals surface area contributed by atoms with E-state index in [-0.39, 0.29) is 19.4 Å². The highest BCUT2D eigenvalue weighted by atomic mass is 31.2. The first-order valence-electron chi connectivity index (χ1n) is 26.3. The summed E-state index contributed by atoms with van der Waals surface area (Å²) < 4.78 is 32.8. The molecular formula is C54H96NO10P. The van der Waals surface area contributed by atoms with Gasteiger partial charge in [0, 0.05) is 12.8 Å². The third kappa shape index (κ3) is 47.7. The van der Waals surface area contributed by atoms with Crippen LogP contribution >= 0.6 is 7.82 Å². The molecule has 0 fully saturated rings. The molecule has 0 rings (SSSR count). The van der Waals surface area contributed by atoms with Crippen molar-refractivity contribution in [2.24, 2.45) is 5.73 Å². The van der Waals surface area contributed by atoms with E-state index in [4.69, 9.17) is 24.8 Å². The minimum absolute atomic E-state index is 0.105. The molecule has 0 radical (unpaired) electrons. The Morgan fingerprint density at radius 1 is 0.470 bits per heavy atom. The second kappa shape index (κ2) is 48.6. The van der Waals surface area contributed by atoms with Crippen LogP contribution in [0.15, 0.2) is 60.8 Å². The summed E-state index contributed by atoms with van der Waals surface area (Å²) in [6.07, 6.45) is 58.7. The number of carbonyl (C=O) groups is 3. The average Bonchev–Trinajstić information content (AvgIpc) is 3.30. The summed E-state index contributed by atoms with van der Waals surface area (Å²) in [5.74, 6) is -2.45. The van der Waals surface area contributed by atoms with Crippen LogP contribution in [-0.4, -0.2) is 59.9 Å². The van der Waals surface area contributed by atoms with Gasteiger partial charge in [-0.1, -0.05) is 203 Å². The number of unbranched alkanes of at least 4 members (excludes halogenated alkanes) is 25. The van der Waals surface area contributed by atoms with Crippen LogP contribution in [0.4, 0.5) is 0 Å². The highest BCUT2D eigenvalue weighted by Crippen LogP contribution is 2.43. The maximum Gasteiger partial charge on any atom is 0.472 e. The molecule has 0 aromatic carbocycles. The first-order valence-corrected chi connectivity index (χ1v) is 27.8. The van der Waals surface area contributed by atoms with Gasteiger partial charge in [0.15, 0.2) is 6.10 Å². The molecule has 0 aliphatic carbocycles. The number of carboxylic acid groups (broad SMARTS) is 1. The van der Waals surface area contributed by atoms with E-state index in [2.05, 4.69) is 79.1 Å². The Hall–Kier alpha value is -2.82. The molecule has 0 aliphatic heterocycles. The maximum absolute atomic E-state index is 12.7. The van der Waals surface area contributed by atoms with Gasteiger partial charge in [0.2, 0.25) is 0 Å². The number of carbonyl (C=O) groups excluding carboxylic acids is 2. The number of carboxylic acids is 1. The summed E-state index contributed by atoms with van der Waals surface area (Å²) in [7, 11) is -4.74. The van der Waals surface area contributed by atoms with E-state index < -0.39 is 51.1 Å². The minimum Gasteiger partial charge on any atom is -0.480 e. The molecule has 66 heavy (non-hydrogen) atoms. The zero-order valence-corrected chi connectivity index (χ0v) is 42.7. The van der Waals surface area contributed by atoms with Crippen molar-refractivity contribution in [2.75, 3.05) is 19.8 Å². The Morgan fingerprint density at radius 3 is 1.29 bits per heavy atom. The Bertz CT molecular complexity index is 1350. The fraction of sp³-hybridized carbons (Fsp3) is 0.759. The molecule has 3 atom stereocenters. The molecule has 0 spiro atoms. The number of aliphatic carboxylic acids is 1. The number of esters is 2. The van der Waals surface area contributed by atoms with E-state index in [1.165, 1.54) is 135 Å². The van der Waals surface area contributed by atoms with Gasteiger partial charge in [-0.3, -0.25) is 23.4 Å². The second-order valence-electron chi connectivity index (χ2n) is 17.7. The number of ether oxygens (including phenoxy) is 2. The lowest BCUT2D eigenvalue weighted by Gasteiger charge is -2.20. The predicted molar refractivity (Wildman–Crippen MR) is 272 cm³/mol. The number of hydrogen-bond acceptors (Lipinski definition) is 9. The standard InChI is InChI=1S/C54H96NO10P/c1-3-5-7-9-11-13-15-17-19-21-23-24-25-26-28-30-32-34-36-38-40-42-44-46-53(57)65-50(48-63-66(60,61)64-49-51(55)54(58)59)47-62-52(56)45-43-41-39-37-35-33-31-29-27-22-20-18-16-14-12-10-8-6-4-2/h12,14,18,20,27,29,33,35,38,40,50-51H,3-11,13,15-17,19,21-26,28,30-32,34,36-37,39,41-49,55H2,1-2H3,(H,58,59)(H,60,61)/b14-12+,20-18+,29-27+,35-33+,40-38+/t50-,51+/m1/s1. The van der Waals surface area contributed by atoms with Crippen LogP contribution in [0, 0.1) is 0 Å². The van der Waals surface area contributed by atoms with E-state index in [1.807, 2.05) is 0 Å². The molecule has 1 unspecified atom stereocenters. The summed E-state index contributed by atoms with van der Waals surface area (Å²) >= 11 is 0. The largest absolute Gasteiger partial charge is 0.480 e. The molecule has 4 N–H and O–H groups in total. The second-order valence-corrected chi connectivity index (χ2v) is 19.1. The monoisotopic (exact) mass is 950 g/mol. The average molecular weight is 950 g/mol. The van der Waals surface area contributed by atoms with E-state index in [1.54, 1.807) is 0 Å². The van der Waals surface area contributed by atoms with Gasteiger partial charge >= 0.3 is 25.7 Å². The summed E-state index contributed by atoms with van der Waals surface area (Å²) in [4.78, 5) is 46.2. The Balaban J connectivity index is 4.31. The van der Waals surface area contributed by atoms with Crippen LogP contribution in [0.1, 0.15) is 232 Å². The summed E-state index contributed by atoms with van der Waals surface area (Å²) in [6.45, 7) is 2.75. The lowest BCUT2D eigenvalue weighted by atomic mass is 10.0. The topological polar surface area (TPSA) is 172 Å². The molecule has 0 aromatic rings. The molecular weight excluding hydrogens is 854 g/mol. The van der Waals surface area contributed by atoms with E-state index >= 15 is 0 Å². The molecule has 11 nitrogen and oxygen atoms in total. The molecule has 0 amide bonds. The van der Waals surface area contributed by atoms with Crippen molar-refractivity contribution in [3.8, 4) is 0 Å². The van der Waals surface area contributed by atoms with Crippen LogP contribution in [0.5, 0.6) is 0 Å². The lowest BCUT2D eigenvalue weighted by molar-refractivity contribution is -0.161. The fourth-order valence-corrected chi connectivity index (χ4v) is 7.89. The number of allylic oxidation sites excluding steroid dienone is 10. The predicted octanol–water partition coefficient (Wildman–Crippen LogP) is 15.1. The fourth-order valence-electron chi connectivity index (χ4n) is 7.11. The van der Waals surface area contributed by atoms with Gasteiger partial charge in [0.1, 0.15) is 12.6 Å². The van der Waals surface area contributed by atoms with Gasteiger partial charge in [-0.2, -0.15) is 0 Å². The van der Waals surface area contributed by atoms with Crippen LogP contribution in [-0.2, 0) is 37.5 Å². The van der Waals surface area contributed by atoms with Gasteiger partial charge < -0.3 is 25.2 Å². The maximum atomic E-state index is 12.7. The SMILES string of the molecule is CCCCC/C=C/C/C=C/C/C=C/C/C=C/CCCCCC(=O)OC[C@H](COP(=O)(O)OC[C@H](N)C(=O)O)OC(=O)CCC/C=C/CCCCCCCCCCCCCCCCCCCC. The van der Waals surface area contributed by atoms with Crippen molar-refractivity contribution in [1.29, 1.82) is 0 Å². The number of rotatable bonds is 49. The van der Waals surface area contributed by atoms with Crippen molar-refractivity contribution >= 4 is 25.7 Å². The Morgan fingerprint density at radius 2 is 0.818 bits per heavy atom. The third-order valence-corrected chi connectivity index (χ3v) is 12.2. The summed E-state index contributed by atoms with van der Waals surface area (Å²) in [6, 6.07) is -1.53. The van der Waals surface area contributed by atoms with Crippen molar-refractivity contribution in [1.82, 2.24) is 0 Å². The smallest absolute Gasteiger partial charge is 0.472 e. The van der Waals surface area contributed by atoms with Gasteiger partial charge in [0.25, 0.3) is 0 Å². The van der Waals surface area contributed by atoms with Gasteiger partial charge in [-0.25, -0.2) is 4.57 Å². The van der Waals surface area contributed by atoms with Gasteiger partial charge in [-0.05, 0) is 77.0 Å². The molecule has 0 heterocycles. The number of phosphoric acid groups is 1. The van der Waals surface area contributed by atoms with Crippen molar-refractivity contribution < 1.29 is 47.5 Å². The van der Waals surface area contributed by atoms with Crippen LogP contribution in [0.25, 0.3) is 0 Å². The number of nitrogens with two attached hydrogens (primary N) is 1. The van der Waals surface area contributed by atoms with Crippen molar-refractivity contribution in [3.63, 3.8) is 0 Å². The normalized spacial score (nSPS) is 14.0. The third-order valence-electron chi connectivity index (χ3n) is 11.2. The van der Waals surface area contributed by atoms with E-state index in [0.717, 1.165) is 51.4 Å². The van der Waals surface area contributed by atoms with Gasteiger partial charge in [-0.15, -0.1) is 0 Å². The highest BCUT2D eigenvalue weighted by Gasteiger charge is 2.28. The Labute approximate surface area is 402 Å². The van der Waals surface area contributed by atoms with Crippen LogP contribution in [0.3, 0.4) is 0 Å². The molecule has 0 aromatic heterocycles. The molecule has 0 bridgehead atoms. The van der Waals surface area contributed by atoms with Crippen molar-refractivity contribution in [2.45, 2.75) is 244 Å². The number of phosphoric ester groups is 1. The molecule has 382 valence electrons. The first kappa shape index (κ1) is 63.2. The zero-order valence-electron chi connectivity index (χ0n) is 41.8. The summed E-state index contributed by atoms with van der Waals surface area (Å²) in [5, 5.41) is 8.92. The first-order chi connectivity index (χ1) is 32.1. The quantitative estimate of drug-likeness (QED) is 0.0229. The van der Waals surface area contributed by atoms with Crippen LogP contribution in [0.2, 0.25) is 0 Å². The molecule has 0 saturated carbocycles. The minimum atomic E-state index is -4.74. The van der Waals surface area contributed by atoms with Gasteiger partial charge in [0.05, 0.1) is 13.2 Å². The summed E-state index contributed by atoms with van der Waals surface area (Å²) in [5.41, 5.74) is 5.35.